The zero-order chi connectivity index (χ0) is 17.1. The van der Waals surface area contributed by atoms with Crippen LogP contribution in [0.1, 0.15) is 12.8 Å². The van der Waals surface area contributed by atoms with E-state index in [1.54, 1.807) is 0 Å². The number of likely N-dealkylation sites (N-methyl/N-ethyl adjacent to an activating group) is 1. The van der Waals surface area contributed by atoms with Gasteiger partial charge in [0, 0.05) is 42.9 Å². The third kappa shape index (κ3) is 4.33. The number of piperazine rings is 1. The Morgan fingerprint density at radius 2 is 1.83 bits per heavy atom. The van der Waals surface area contributed by atoms with Crippen molar-refractivity contribution in [2.45, 2.75) is 18.9 Å². The highest BCUT2D eigenvalue weighted by atomic mass is 35.5. The lowest BCUT2D eigenvalue weighted by Crippen LogP contribution is -2.51. The summed E-state index contributed by atoms with van der Waals surface area (Å²) in [4.78, 5) is 11.5. The molecule has 0 spiro atoms. The van der Waals surface area contributed by atoms with Crippen molar-refractivity contribution >= 4 is 23.2 Å². The fourth-order valence-electron chi connectivity index (χ4n) is 3.35. The van der Waals surface area contributed by atoms with Gasteiger partial charge in [0.15, 0.2) is 5.96 Å². The van der Waals surface area contributed by atoms with Crippen LogP contribution in [-0.2, 0) is 0 Å². The predicted molar refractivity (Wildman–Crippen MR) is 102 cm³/mol. The van der Waals surface area contributed by atoms with E-state index in [1.807, 2.05) is 12.1 Å². The monoisotopic (exact) mass is 349 g/mol. The van der Waals surface area contributed by atoms with Crippen LogP contribution >= 0.6 is 11.6 Å². The van der Waals surface area contributed by atoms with Crippen LogP contribution in [0.4, 0.5) is 5.69 Å². The highest BCUT2D eigenvalue weighted by Crippen LogP contribution is 2.34. The molecule has 1 aromatic rings. The fraction of sp³-hybridized carbons (Fsp3) is 0.611. The summed E-state index contributed by atoms with van der Waals surface area (Å²) in [5, 5.41) is 0.778. The molecule has 3 rings (SSSR count). The molecule has 5 nitrogen and oxygen atoms in total. The average Bonchev–Trinajstić information content (AvgIpc) is 3.40. The molecule has 1 aliphatic heterocycles. The maximum Gasteiger partial charge on any atom is 0.191 e. The van der Waals surface area contributed by atoms with Gasteiger partial charge in [-0.2, -0.15) is 0 Å². The van der Waals surface area contributed by atoms with Crippen LogP contribution in [-0.4, -0.2) is 68.6 Å². The Morgan fingerprint density at radius 3 is 2.38 bits per heavy atom. The Morgan fingerprint density at radius 1 is 1.21 bits per heavy atom. The molecule has 0 bridgehead atoms. The van der Waals surface area contributed by atoms with Crippen molar-refractivity contribution in [3.05, 3.63) is 29.3 Å². The number of aliphatic imine (C=N–C) groups is 1. The van der Waals surface area contributed by atoms with Crippen LogP contribution in [0.5, 0.6) is 0 Å². The minimum atomic E-state index is 0.527. The van der Waals surface area contributed by atoms with Gasteiger partial charge in [-0.15, -0.1) is 0 Å². The van der Waals surface area contributed by atoms with Crippen molar-refractivity contribution in [3.8, 4) is 0 Å². The number of benzene rings is 1. The van der Waals surface area contributed by atoms with Crippen LogP contribution in [0.3, 0.4) is 0 Å². The highest BCUT2D eigenvalue weighted by molar-refractivity contribution is 6.30. The Balaban J connectivity index is 1.51. The van der Waals surface area contributed by atoms with Gasteiger partial charge in [0.25, 0.3) is 0 Å². The summed E-state index contributed by atoms with van der Waals surface area (Å²) in [6.45, 7) is 4.54. The van der Waals surface area contributed by atoms with Gasteiger partial charge in [-0.3, -0.25) is 4.99 Å². The summed E-state index contributed by atoms with van der Waals surface area (Å²) in [5.41, 5.74) is 7.46. The zero-order valence-electron chi connectivity index (χ0n) is 14.7. The lowest BCUT2D eigenvalue weighted by molar-refractivity contribution is 0.270. The molecular weight excluding hydrogens is 322 g/mol. The number of nitrogens with zero attached hydrogens (tertiary/aromatic N) is 4. The number of halogens is 1. The highest BCUT2D eigenvalue weighted by Gasteiger charge is 2.32. The molecule has 132 valence electrons. The summed E-state index contributed by atoms with van der Waals surface area (Å²) >= 11 is 5.96. The minimum Gasteiger partial charge on any atom is -0.370 e. The first-order chi connectivity index (χ1) is 11.5. The van der Waals surface area contributed by atoms with E-state index in [1.165, 1.54) is 18.5 Å². The first-order valence-corrected chi connectivity index (χ1v) is 9.14. The topological polar surface area (TPSA) is 48.1 Å². The molecule has 2 aliphatic rings. The van der Waals surface area contributed by atoms with Crippen molar-refractivity contribution in [2.24, 2.45) is 16.6 Å². The van der Waals surface area contributed by atoms with E-state index < -0.39 is 0 Å². The second-order valence-corrected chi connectivity index (χ2v) is 7.45. The summed E-state index contributed by atoms with van der Waals surface area (Å²) in [6, 6.07) is 8.56. The third-order valence-corrected chi connectivity index (χ3v) is 5.32. The van der Waals surface area contributed by atoms with Crippen molar-refractivity contribution in [3.63, 3.8) is 0 Å². The van der Waals surface area contributed by atoms with Crippen LogP contribution in [0.2, 0.25) is 5.02 Å². The molecule has 1 saturated heterocycles. The molecule has 1 saturated carbocycles. The van der Waals surface area contributed by atoms with Crippen molar-refractivity contribution < 1.29 is 0 Å². The van der Waals surface area contributed by atoms with Crippen molar-refractivity contribution in [1.29, 1.82) is 0 Å². The molecule has 2 fully saturated rings. The molecule has 24 heavy (non-hydrogen) atoms. The van der Waals surface area contributed by atoms with Gasteiger partial charge >= 0.3 is 0 Å². The second kappa shape index (κ2) is 7.62. The second-order valence-electron chi connectivity index (χ2n) is 7.02. The summed E-state index contributed by atoms with van der Waals surface area (Å²) in [7, 11) is 4.28. The van der Waals surface area contributed by atoms with Gasteiger partial charge in [0.2, 0.25) is 0 Å². The fourth-order valence-corrected chi connectivity index (χ4v) is 3.47. The summed E-state index contributed by atoms with van der Waals surface area (Å²) in [5.74, 6) is 1.50. The number of anilines is 1. The van der Waals surface area contributed by atoms with E-state index >= 15 is 0 Å². The molecule has 1 heterocycles. The standard InChI is InChI=1S/C18H28ClN5/c1-22(2)17(14-3-4-14)13-21-18(20)24-11-9-23(10-12-24)16-7-5-15(19)6-8-16/h5-8,14,17H,3-4,9-13H2,1-2H3,(H2,20,21). The molecule has 1 unspecified atom stereocenters. The minimum absolute atomic E-state index is 0.527. The summed E-state index contributed by atoms with van der Waals surface area (Å²) in [6.07, 6.45) is 2.66. The number of nitrogens with two attached hydrogens (primary N) is 1. The molecule has 1 aliphatic carbocycles. The Kier molecular flexibility index (Phi) is 5.51. The summed E-state index contributed by atoms with van der Waals surface area (Å²) < 4.78 is 0. The van der Waals surface area contributed by atoms with Gasteiger partial charge in [-0.25, -0.2) is 0 Å². The van der Waals surface area contributed by atoms with Crippen LogP contribution < -0.4 is 10.6 Å². The van der Waals surface area contributed by atoms with E-state index in [9.17, 15) is 0 Å². The Hall–Kier alpha value is -1.46. The normalized spacial score (nSPS) is 20.6. The maximum atomic E-state index is 6.24. The van der Waals surface area contributed by atoms with Crippen molar-refractivity contribution in [2.75, 3.05) is 51.7 Å². The predicted octanol–water partition coefficient (Wildman–Crippen LogP) is 2.12. The number of hydrogen-bond donors (Lipinski definition) is 1. The molecule has 6 heteroatoms. The average molecular weight is 350 g/mol. The van der Waals surface area contributed by atoms with Crippen molar-refractivity contribution in [1.82, 2.24) is 9.80 Å². The molecule has 1 aromatic carbocycles. The first-order valence-electron chi connectivity index (χ1n) is 8.76. The van der Waals surface area contributed by atoms with E-state index in [0.29, 0.717) is 12.0 Å². The van der Waals surface area contributed by atoms with E-state index in [-0.39, 0.29) is 0 Å². The number of hydrogen-bond acceptors (Lipinski definition) is 3. The van der Waals surface area contributed by atoms with E-state index in [2.05, 4.69) is 45.9 Å². The molecule has 0 aromatic heterocycles. The smallest absolute Gasteiger partial charge is 0.191 e. The SMILES string of the molecule is CN(C)C(CN=C(N)N1CCN(c2ccc(Cl)cc2)CC1)C1CC1. The quantitative estimate of drug-likeness (QED) is 0.653. The Bertz CT molecular complexity index is 557. The van der Waals surface area contributed by atoms with Gasteiger partial charge in [0.1, 0.15) is 0 Å². The largest absolute Gasteiger partial charge is 0.370 e. The lowest BCUT2D eigenvalue weighted by Gasteiger charge is -2.36. The lowest BCUT2D eigenvalue weighted by atomic mass is 10.2. The molecule has 2 N–H and O–H groups in total. The molecule has 0 amide bonds. The van der Waals surface area contributed by atoms with Crippen LogP contribution in [0, 0.1) is 5.92 Å². The van der Waals surface area contributed by atoms with E-state index in [4.69, 9.17) is 17.3 Å². The number of rotatable bonds is 5. The van der Waals surface area contributed by atoms with Gasteiger partial charge < -0.3 is 20.4 Å². The van der Waals surface area contributed by atoms with Gasteiger partial charge in [-0.1, -0.05) is 11.6 Å². The number of guanidine groups is 1. The maximum absolute atomic E-state index is 6.24. The molecular formula is C18H28ClN5. The molecule has 0 radical (unpaired) electrons. The van der Waals surface area contributed by atoms with Crippen LogP contribution in [0.15, 0.2) is 29.3 Å². The first kappa shape index (κ1) is 17.4. The zero-order valence-corrected chi connectivity index (χ0v) is 15.4. The van der Waals surface area contributed by atoms with Crippen LogP contribution in [0.25, 0.3) is 0 Å². The third-order valence-electron chi connectivity index (χ3n) is 5.07. The molecule has 1 atom stereocenters. The van der Waals surface area contributed by atoms with Gasteiger partial charge in [0.05, 0.1) is 6.54 Å². The van der Waals surface area contributed by atoms with E-state index in [0.717, 1.165) is 43.7 Å². The Labute approximate surface area is 150 Å². The van der Waals surface area contributed by atoms with Gasteiger partial charge in [-0.05, 0) is 57.1 Å².